The molecule has 1 aromatic heterocycles. The number of carbonyl (C=O) groups is 2. The monoisotopic (exact) mass is 362 g/mol. The minimum absolute atomic E-state index is 0.0245. The molecule has 138 valence electrons. The van der Waals surface area contributed by atoms with Gasteiger partial charge in [-0.15, -0.1) is 0 Å². The molecule has 1 aromatic carbocycles. The second kappa shape index (κ2) is 8.00. The summed E-state index contributed by atoms with van der Waals surface area (Å²) >= 11 is 0. The molecule has 1 aliphatic heterocycles. The summed E-state index contributed by atoms with van der Waals surface area (Å²) in [6.07, 6.45) is 3.10. The van der Waals surface area contributed by atoms with Gasteiger partial charge in [-0.1, -0.05) is 6.07 Å². The molecule has 1 amide bonds. The van der Waals surface area contributed by atoms with Crippen molar-refractivity contribution in [3.63, 3.8) is 0 Å². The number of amides is 1. The molecule has 2 aromatic rings. The van der Waals surface area contributed by atoms with Crippen LogP contribution in [-0.4, -0.2) is 29.8 Å². The molecule has 0 radical (unpaired) electrons. The number of nitriles is 1. The molecule has 0 bridgehead atoms. The first-order valence-electron chi connectivity index (χ1n) is 9.01. The van der Waals surface area contributed by atoms with Gasteiger partial charge in [-0.05, 0) is 56.5 Å². The summed E-state index contributed by atoms with van der Waals surface area (Å²) in [5, 5.41) is 12.0. The van der Waals surface area contributed by atoms with Gasteiger partial charge in [0.1, 0.15) is 5.82 Å². The third-order valence-electron chi connectivity index (χ3n) is 4.88. The second-order valence-electron chi connectivity index (χ2n) is 6.87. The number of hydrogen-bond donors (Lipinski definition) is 1. The lowest BCUT2D eigenvalue weighted by atomic mass is 9.94. The van der Waals surface area contributed by atoms with E-state index in [1.807, 2.05) is 13.0 Å². The smallest absolute Gasteiger partial charge is 0.228 e. The Kier molecular flexibility index (Phi) is 5.51. The highest BCUT2D eigenvalue weighted by molar-refractivity contribution is 6.00. The molecule has 1 N–H and O–H groups in total. The molecule has 2 heterocycles. The van der Waals surface area contributed by atoms with E-state index in [0.29, 0.717) is 42.9 Å². The van der Waals surface area contributed by atoms with Gasteiger partial charge >= 0.3 is 0 Å². The molecule has 1 saturated heterocycles. The maximum absolute atomic E-state index is 12.5. The lowest BCUT2D eigenvalue weighted by Crippen LogP contribution is -2.38. The summed E-state index contributed by atoms with van der Waals surface area (Å²) in [5.74, 6) is 0.418. The Morgan fingerprint density at radius 2 is 1.96 bits per heavy atom. The van der Waals surface area contributed by atoms with Crippen molar-refractivity contribution < 1.29 is 9.59 Å². The van der Waals surface area contributed by atoms with Gasteiger partial charge in [-0.3, -0.25) is 9.59 Å². The molecule has 1 aliphatic rings. The Balaban J connectivity index is 1.67. The number of aromatic nitrogens is 1. The molecule has 6 nitrogen and oxygen atoms in total. The van der Waals surface area contributed by atoms with Gasteiger partial charge in [0.05, 0.1) is 11.6 Å². The highest BCUT2D eigenvalue weighted by Crippen LogP contribution is 2.28. The number of anilines is 2. The van der Waals surface area contributed by atoms with Crippen molar-refractivity contribution in [1.82, 2.24) is 4.98 Å². The minimum atomic E-state index is -0.0933. The standard InChI is InChI=1S/C21H22N4O2/c1-14-3-6-20(23-13-14)24-21(27)17-7-9-25(10-8-17)19-11-16(12-22)4-5-18(19)15(2)26/h3-6,11,13,17H,7-10H2,1-2H3,(H,23,24,27). The number of benzene rings is 1. The normalized spacial score (nSPS) is 14.5. The predicted octanol–water partition coefficient (Wildman–Crippen LogP) is 3.32. The van der Waals surface area contributed by atoms with Crippen molar-refractivity contribution in [2.24, 2.45) is 5.92 Å². The Labute approximate surface area is 158 Å². The number of hydrogen-bond acceptors (Lipinski definition) is 5. The lowest BCUT2D eigenvalue weighted by molar-refractivity contribution is -0.120. The van der Waals surface area contributed by atoms with Crippen LogP contribution in [0.2, 0.25) is 0 Å². The Hall–Kier alpha value is -3.20. The van der Waals surface area contributed by atoms with Crippen LogP contribution < -0.4 is 10.2 Å². The first kappa shape index (κ1) is 18.6. The highest BCUT2D eigenvalue weighted by atomic mass is 16.2. The molecule has 6 heteroatoms. The van der Waals surface area contributed by atoms with Crippen LogP contribution in [0, 0.1) is 24.2 Å². The number of pyridine rings is 1. The quantitative estimate of drug-likeness (QED) is 0.843. The topological polar surface area (TPSA) is 86.1 Å². The van der Waals surface area contributed by atoms with Gasteiger partial charge < -0.3 is 10.2 Å². The maximum Gasteiger partial charge on any atom is 0.228 e. The number of piperidine rings is 1. The van der Waals surface area contributed by atoms with Gasteiger partial charge in [0.2, 0.25) is 5.91 Å². The van der Waals surface area contributed by atoms with Gasteiger partial charge in [-0.2, -0.15) is 5.26 Å². The molecular weight excluding hydrogens is 340 g/mol. The van der Waals surface area contributed by atoms with E-state index in [9.17, 15) is 9.59 Å². The summed E-state index contributed by atoms with van der Waals surface area (Å²) in [6, 6.07) is 11.0. The van der Waals surface area contributed by atoms with Crippen molar-refractivity contribution in [2.75, 3.05) is 23.3 Å². The Morgan fingerprint density at radius 3 is 2.56 bits per heavy atom. The zero-order chi connectivity index (χ0) is 19.4. The fraction of sp³-hybridized carbons (Fsp3) is 0.333. The summed E-state index contributed by atoms with van der Waals surface area (Å²) in [5.41, 5.74) is 2.96. The zero-order valence-electron chi connectivity index (χ0n) is 15.5. The number of ketones is 1. The van der Waals surface area contributed by atoms with Crippen LogP contribution in [0.15, 0.2) is 36.5 Å². The molecule has 0 aliphatic carbocycles. The number of aryl methyl sites for hydroxylation is 1. The molecule has 3 rings (SSSR count). The molecule has 0 atom stereocenters. The number of nitrogens with zero attached hydrogens (tertiary/aromatic N) is 3. The Morgan fingerprint density at radius 1 is 1.22 bits per heavy atom. The van der Waals surface area contributed by atoms with E-state index >= 15 is 0 Å². The van der Waals surface area contributed by atoms with Crippen LogP contribution in [0.3, 0.4) is 0 Å². The van der Waals surface area contributed by atoms with E-state index < -0.39 is 0 Å². The van der Waals surface area contributed by atoms with Crippen molar-refractivity contribution in [3.8, 4) is 6.07 Å². The molecule has 1 fully saturated rings. The summed E-state index contributed by atoms with van der Waals surface area (Å²) in [4.78, 5) is 30.7. The van der Waals surface area contributed by atoms with Crippen molar-refractivity contribution in [2.45, 2.75) is 26.7 Å². The Bertz CT molecular complexity index is 891. The predicted molar refractivity (Wildman–Crippen MR) is 104 cm³/mol. The third-order valence-corrected chi connectivity index (χ3v) is 4.88. The van der Waals surface area contributed by atoms with Crippen molar-refractivity contribution in [1.29, 1.82) is 5.26 Å². The average molecular weight is 362 g/mol. The van der Waals surface area contributed by atoms with Crippen LogP contribution in [-0.2, 0) is 4.79 Å². The average Bonchev–Trinajstić information content (AvgIpc) is 2.69. The molecule has 0 saturated carbocycles. The first-order chi connectivity index (χ1) is 13.0. The van der Waals surface area contributed by atoms with E-state index in [1.54, 1.807) is 30.5 Å². The molecule has 0 unspecified atom stereocenters. The number of rotatable bonds is 4. The fourth-order valence-corrected chi connectivity index (χ4v) is 3.31. The van der Waals surface area contributed by atoms with E-state index in [1.165, 1.54) is 6.92 Å². The maximum atomic E-state index is 12.5. The molecule has 27 heavy (non-hydrogen) atoms. The lowest BCUT2D eigenvalue weighted by Gasteiger charge is -2.34. The van der Waals surface area contributed by atoms with E-state index in [2.05, 4.69) is 21.3 Å². The summed E-state index contributed by atoms with van der Waals surface area (Å²) < 4.78 is 0. The van der Waals surface area contributed by atoms with Crippen molar-refractivity contribution in [3.05, 3.63) is 53.2 Å². The van der Waals surface area contributed by atoms with Crippen LogP contribution in [0.25, 0.3) is 0 Å². The van der Waals surface area contributed by atoms with E-state index in [-0.39, 0.29) is 17.6 Å². The number of carbonyl (C=O) groups excluding carboxylic acids is 2. The van der Waals surface area contributed by atoms with Gasteiger partial charge in [-0.25, -0.2) is 4.98 Å². The summed E-state index contributed by atoms with van der Waals surface area (Å²) in [7, 11) is 0. The van der Waals surface area contributed by atoms with Gasteiger partial charge in [0.15, 0.2) is 5.78 Å². The van der Waals surface area contributed by atoms with Crippen LogP contribution in [0.4, 0.5) is 11.5 Å². The number of Topliss-reactive ketones (excluding diaryl/α,β-unsaturated/α-hetero) is 1. The highest BCUT2D eigenvalue weighted by Gasteiger charge is 2.27. The minimum Gasteiger partial charge on any atom is -0.371 e. The van der Waals surface area contributed by atoms with Gasteiger partial charge in [0, 0.05) is 36.5 Å². The van der Waals surface area contributed by atoms with Crippen molar-refractivity contribution >= 4 is 23.2 Å². The van der Waals surface area contributed by atoms with Crippen LogP contribution in [0.5, 0.6) is 0 Å². The van der Waals surface area contributed by atoms with E-state index in [0.717, 1.165) is 11.3 Å². The number of nitrogens with one attached hydrogen (secondary N) is 1. The summed E-state index contributed by atoms with van der Waals surface area (Å²) in [6.45, 7) is 4.80. The van der Waals surface area contributed by atoms with E-state index in [4.69, 9.17) is 5.26 Å². The molecule has 0 spiro atoms. The van der Waals surface area contributed by atoms with Gasteiger partial charge in [0.25, 0.3) is 0 Å². The third kappa shape index (κ3) is 4.32. The fourth-order valence-electron chi connectivity index (χ4n) is 3.31. The largest absolute Gasteiger partial charge is 0.371 e. The van der Waals surface area contributed by atoms with Crippen LogP contribution >= 0.6 is 0 Å². The first-order valence-corrected chi connectivity index (χ1v) is 9.01. The molecular formula is C21H22N4O2. The second-order valence-corrected chi connectivity index (χ2v) is 6.87. The SMILES string of the molecule is CC(=O)c1ccc(C#N)cc1N1CCC(C(=O)Nc2ccc(C)cn2)CC1. The zero-order valence-corrected chi connectivity index (χ0v) is 15.5. The van der Waals surface area contributed by atoms with Crippen LogP contribution in [0.1, 0.15) is 41.3 Å².